The van der Waals surface area contributed by atoms with Crippen LogP contribution in [0.4, 0.5) is 0 Å². The van der Waals surface area contributed by atoms with Crippen molar-refractivity contribution in [3.8, 4) is 17.2 Å². The number of rotatable bonds is 8. The van der Waals surface area contributed by atoms with Crippen molar-refractivity contribution in [2.24, 2.45) is 5.10 Å². The molecule has 0 saturated heterocycles. The van der Waals surface area contributed by atoms with Crippen molar-refractivity contribution in [1.29, 1.82) is 0 Å². The zero-order chi connectivity index (χ0) is 22.9. The first-order chi connectivity index (χ1) is 15.4. The molecule has 0 aliphatic rings. The van der Waals surface area contributed by atoms with Gasteiger partial charge in [-0.3, -0.25) is 4.79 Å². The van der Waals surface area contributed by atoms with Crippen LogP contribution in [0.15, 0.2) is 71.8 Å². The van der Waals surface area contributed by atoms with E-state index in [-0.39, 0.29) is 12.4 Å². The van der Waals surface area contributed by atoms with Crippen LogP contribution in [0.5, 0.6) is 17.2 Å². The Hall–Kier alpha value is -3.84. The second-order valence-electron chi connectivity index (χ2n) is 6.70. The summed E-state index contributed by atoms with van der Waals surface area (Å²) in [5.74, 6) is 0.201. The van der Waals surface area contributed by atoms with Gasteiger partial charge in [0.15, 0.2) is 18.1 Å². The predicted molar refractivity (Wildman–Crippen MR) is 122 cm³/mol. The van der Waals surface area contributed by atoms with E-state index in [0.29, 0.717) is 27.6 Å². The molecule has 0 bridgehead atoms. The van der Waals surface area contributed by atoms with Crippen LogP contribution in [0.2, 0.25) is 5.02 Å². The first kappa shape index (κ1) is 22.8. The molecule has 3 rings (SSSR count). The number of ether oxygens (including phenoxy) is 3. The van der Waals surface area contributed by atoms with Crippen molar-refractivity contribution in [2.75, 3.05) is 13.7 Å². The van der Waals surface area contributed by atoms with Crippen molar-refractivity contribution >= 4 is 29.7 Å². The molecule has 0 aromatic heterocycles. The Balaban J connectivity index is 1.59. The lowest BCUT2D eigenvalue weighted by Gasteiger charge is -2.10. The van der Waals surface area contributed by atoms with E-state index >= 15 is 0 Å². The van der Waals surface area contributed by atoms with Gasteiger partial charge in [-0.25, -0.2) is 10.2 Å². The third kappa shape index (κ3) is 6.58. The number of hydrogen-bond acceptors (Lipinski definition) is 6. The summed E-state index contributed by atoms with van der Waals surface area (Å²) in [6.07, 6.45) is 1.42. The van der Waals surface area contributed by atoms with E-state index in [9.17, 15) is 9.59 Å². The Kier molecular flexibility index (Phi) is 7.83. The number of hydrogen-bond donors (Lipinski definition) is 1. The highest BCUT2D eigenvalue weighted by molar-refractivity contribution is 6.30. The third-order valence-corrected chi connectivity index (χ3v) is 4.52. The lowest BCUT2D eigenvalue weighted by atomic mass is 10.1. The van der Waals surface area contributed by atoms with Crippen molar-refractivity contribution in [2.45, 2.75) is 6.92 Å². The highest BCUT2D eigenvalue weighted by Gasteiger charge is 2.13. The molecule has 0 unspecified atom stereocenters. The second-order valence-corrected chi connectivity index (χ2v) is 7.14. The number of aryl methyl sites for hydroxylation is 1. The van der Waals surface area contributed by atoms with E-state index in [4.69, 9.17) is 25.8 Å². The largest absolute Gasteiger partial charge is 0.493 e. The molecule has 0 heterocycles. The number of carbonyl (C=O) groups excluding carboxylic acids is 2. The summed E-state index contributed by atoms with van der Waals surface area (Å²) < 4.78 is 16.1. The average molecular weight is 453 g/mol. The molecule has 3 aromatic carbocycles. The topological polar surface area (TPSA) is 86.2 Å². The number of carbonyl (C=O) groups is 2. The maximum absolute atomic E-state index is 12.4. The fourth-order valence-electron chi connectivity index (χ4n) is 2.59. The molecule has 32 heavy (non-hydrogen) atoms. The summed E-state index contributed by atoms with van der Waals surface area (Å²) in [6.45, 7) is 1.73. The normalized spacial score (nSPS) is 10.6. The molecule has 0 atom stereocenters. The van der Waals surface area contributed by atoms with Gasteiger partial charge in [0.25, 0.3) is 5.91 Å². The zero-order valence-electron chi connectivity index (χ0n) is 17.5. The van der Waals surface area contributed by atoms with E-state index in [1.165, 1.54) is 13.3 Å². The first-order valence-electron chi connectivity index (χ1n) is 9.62. The number of nitrogens with zero attached hydrogens (tertiary/aromatic N) is 1. The van der Waals surface area contributed by atoms with Crippen LogP contribution in [-0.2, 0) is 4.79 Å². The van der Waals surface area contributed by atoms with Crippen molar-refractivity contribution in [3.63, 3.8) is 0 Å². The second kappa shape index (κ2) is 11.0. The highest BCUT2D eigenvalue weighted by atomic mass is 35.5. The van der Waals surface area contributed by atoms with Gasteiger partial charge in [-0.15, -0.1) is 0 Å². The van der Waals surface area contributed by atoms with E-state index in [1.54, 1.807) is 54.6 Å². The van der Waals surface area contributed by atoms with Gasteiger partial charge in [0.2, 0.25) is 0 Å². The van der Waals surface area contributed by atoms with Gasteiger partial charge in [-0.1, -0.05) is 29.3 Å². The summed E-state index contributed by atoms with van der Waals surface area (Å²) in [4.78, 5) is 24.3. The van der Waals surface area contributed by atoms with Gasteiger partial charge in [0.1, 0.15) is 5.75 Å². The zero-order valence-corrected chi connectivity index (χ0v) is 18.3. The van der Waals surface area contributed by atoms with Crippen LogP contribution in [0.3, 0.4) is 0 Å². The first-order valence-corrected chi connectivity index (χ1v) is 9.99. The summed E-state index contributed by atoms with van der Waals surface area (Å²) in [7, 11) is 1.48. The standard InChI is InChI=1S/C24H21ClN2O5/c1-16-3-6-18(7-4-16)24(29)32-22-13-17(5-12-21(22)30-2)14-26-27-23(28)15-31-20-10-8-19(25)9-11-20/h3-14H,15H2,1-2H3,(H,27,28). The fraction of sp³-hybridized carbons (Fsp3) is 0.125. The Labute approximate surface area is 190 Å². The maximum Gasteiger partial charge on any atom is 0.343 e. The van der Waals surface area contributed by atoms with Gasteiger partial charge in [-0.2, -0.15) is 5.10 Å². The molecule has 0 fully saturated rings. The van der Waals surface area contributed by atoms with Crippen molar-refractivity contribution < 1.29 is 23.8 Å². The summed E-state index contributed by atoms with van der Waals surface area (Å²) in [5.41, 5.74) is 4.43. The number of benzene rings is 3. The lowest BCUT2D eigenvalue weighted by molar-refractivity contribution is -0.123. The molecule has 0 radical (unpaired) electrons. The van der Waals surface area contributed by atoms with Crippen LogP contribution in [0.1, 0.15) is 21.5 Å². The summed E-state index contributed by atoms with van der Waals surface area (Å²) in [5, 5.41) is 4.48. The molecule has 3 aromatic rings. The van der Waals surface area contributed by atoms with Crippen LogP contribution in [0.25, 0.3) is 0 Å². The van der Waals surface area contributed by atoms with Gasteiger partial charge in [-0.05, 0) is 67.1 Å². The molecule has 0 aliphatic heterocycles. The molecule has 1 N–H and O–H groups in total. The molecule has 0 aliphatic carbocycles. The quantitative estimate of drug-likeness (QED) is 0.237. The van der Waals surface area contributed by atoms with Crippen LogP contribution < -0.4 is 19.6 Å². The molecule has 0 saturated carbocycles. The molecule has 0 spiro atoms. The molecular weight excluding hydrogens is 432 g/mol. The number of halogens is 1. The Morgan fingerprint density at radius 2 is 1.72 bits per heavy atom. The van der Waals surface area contributed by atoms with Gasteiger partial charge in [0.05, 0.1) is 18.9 Å². The van der Waals surface area contributed by atoms with Crippen molar-refractivity contribution in [1.82, 2.24) is 5.43 Å². The van der Waals surface area contributed by atoms with Crippen LogP contribution in [-0.4, -0.2) is 31.8 Å². The number of methoxy groups -OCH3 is 1. The number of nitrogens with one attached hydrogen (secondary N) is 1. The number of hydrazone groups is 1. The molecule has 1 amide bonds. The summed E-state index contributed by atoms with van der Waals surface area (Å²) >= 11 is 5.81. The monoisotopic (exact) mass is 452 g/mol. The number of esters is 1. The highest BCUT2D eigenvalue weighted by Crippen LogP contribution is 2.28. The number of amides is 1. The van der Waals surface area contributed by atoms with Gasteiger partial charge >= 0.3 is 5.97 Å². The Morgan fingerprint density at radius 1 is 1.00 bits per heavy atom. The average Bonchev–Trinajstić information content (AvgIpc) is 2.79. The molecular formula is C24H21ClN2O5. The maximum atomic E-state index is 12.4. The predicted octanol–water partition coefficient (Wildman–Crippen LogP) is 4.41. The van der Waals surface area contributed by atoms with E-state index in [0.717, 1.165) is 5.56 Å². The van der Waals surface area contributed by atoms with Gasteiger partial charge in [0, 0.05) is 5.02 Å². The molecule has 8 heteroatoms. The minimum Gasteiger partial charge on any atom is -0.493 e. The third-order valence-electron chi connectivity index (χ3n) is 4.26. The minimum absolute atomic E-state index is 0.207. The Morgan fingerprint density at radius 3 is 2.41 bits per heavy atom. The molecule has 164 valence electrons. The molecule has 7 nitrogen and oxygen atoms in total. The van der Waals surface area contributed by atoms with Crippen LogP contribution in [0, 0.1) is 6.92 Å². The van der Waals surface area contributed by atoms with E-state index in [2.05, 4.69) is 10.5 Å². The fourth-order valence-corrected chi connectivity index (χ4v) is 2.72. The van der Waals surface area contributed by atoms with Gasteiger partial charge < -0.3 is 14.2 Å². The Bertz CT molecular complexity index is 1110. The smallest absolute Gasteiger partial charge is 0.343 e. The lowest BCUT2D eigenvalue weighted by Crippen LogP contribution is -2.24. The minimum atomic E-state index is -0.509. The van der Waals surface area contributed by atoms with Crippen LogP contribution >= 0.6 is 11.6 Å². The van der Waals surface area contributed by atoms with Crippen molar-refractivity contribution in [3.05, 3.63) is 88.4 Å². The van der Waals surface area contributed by atoms with E-state index in [1.807, 2.05) is 19.1 Å². The summed E-state index contributed by atoms with van der Waals surface area (Å²) in [6, 6.07) is 18.6. The van der Waals surface area contributed by atoms with E-state index < -0.39 is 11.9 Å². The SMILES string of the molecule is COc1ccc(C=NNC(=O)COc2ccc(Cl)cc2)cc1OC(=O)c1ccc(C)cc1.